The van der Waals surface area contributed by atoms with Gasteiger partial charge < -0.3 is 10.2 Å². The fourth-order valence-electron chi connectivity index (χ4n) is 1.83. The predicted octanol–water partition coefficient (Wildman–Crippen LogP) is 3.65. The molecular weight excluding hydrogens is 266 g/mol. The van der Waals surface area contributed by atoms with E-state index >= 15 is 0 Å². The van der Waals surface area contributed by atoms with E-state index < -0.39 is 0 Å². The number of aromatic nitrogens is 1. The summed E-state index contributed by atoms with van der Waals surface area (Å²) in [7, 11) is 0. The molecule has 0 saturated carbocycles. The van der Waals surface area contributed by atoms with Crippen LogP contribution in [0, 0.1) is 0 Å². The molecule has 1 aliphatic rings. The normalized spacial score (nSPS) is 18.1. The van der Waals surface area contributed by atoms with Crippen molar-refractivity contribution >= 4 is 40.3 Å². The van der Waals surface area contributed by atoms with Crippen molar-refractivity contribution in [2.45, 2.75) is 26.8 Å². The van der Waals surface area contributed by atoms with Gasteiger partial charge in [-0.25, -0.2) is 4.98 Å². The van der Waals surface area contributed by atoms with Crippen LogP contribution in [0.1, 0.15) is 20.8 Å². The lowest BCUT2D eigenvalue weighted by Crippen LogP contribution is -2.46. The molecule has 1 aromatic heterocycles. The smallest absolute Gasteiger partial charge is 0.155 e. The van der Waals surface area contributed by atoms with Crippen molar-refractivity contribution in [1.82, 2.24) is 4.98 Å². The molecule has 2 heterocycles. The number of allylic oxidation sites excluding steroid dienone is 1. The van der Waals surface area contributed by atoms with Crippen molar-refractivity contribution in [2.24, 2.45) is 0 Å². The summed E-state index contributed by atoms with van der Waals surface area (Å²) in [5, 5.41) is 3.70. The van der Waals surface area contributed by atoms with Crippen molar-refractivity contribution in [2.75, 3.05) is 16.8 Å². The molecule has 0 amide bonds. The Kier molecular flexibility index (Phi) is 3.88. The summed E-state index contributed by atoms with van der Waals surface area (Å²) in [6.07, 6.45) is 2.16. The maximum atomic E-state index is 5.97. The first kappa shape index (κ1) is 13.3. The molecule has 96 valence electrons. The van der Waals surface area contributed by atoms with Gasteiger partial charge in [0.2, 0.25) is 0 Å². The van der Waals surface area contributed by atoms with Crippen LogP contribution >= 0.6 is 23.8 Å². The Bertz CT molecular complexity index is 509. The van der Waals surface area contributed by atoms with Gasteiger partial charge in [-0.15, -0.1) is 0 Å². The Hall–Kier alpha value is -1.13. The zero-order valence-corrected chi connectivity index (χ0v) is 12.3. The fourth-order valence-corrected chi connectivity index (χ4v) is 2.21. The van der Waals surface area contributed by atoms with Gasteiger partial charge in [-0.2, -0.15) is 0 Å². The molecule has 18 heavy (non-hydrogen) atoms. The second kappa shape index (κ2) is 5.24. The van der Waals surface area contributed by atoms with Crippen molar-refractivity contribution < 1.29 is 0 Å². The van der Waals surface area contributed by atoms with E-state index in [9.17, 15) is 0 Å². The minimum absolute atomic E-state index is 0.120. The molecule has 0 aliphatic carbocycles. The lowest BCUT2D eigenvalue weighted by atomic mass is 10.1. The molecule has 2 rings (SSSR count). The van der Waals surface area contributed by atoms with E-state index in [4.69, 9.17) is 23.8 Å². The topological polar surface area (TPSA) is 28.2 Å². The molecule has 1 N–H and O–H groups in total. The molecule has 0 fully saturated rings. The van der Waals surface area contributed by atoms with Crippen LogP contribution in [0.4, 0.5) is 11.5 Å². The highest BCUT2D eigenvalue weighted by Gasteiger charge is 2.27. The maximum absolute atomic E-state index is 5.97. The summed E-state index contributed by atoms with van der Waals surface area (Å²) in [5.41, 5.74) is 2.19. The second-order valence-corrected chi connectivity index (χ2v) is 5.43. The highest BCUT2D eigenvalue weighted by atomic mass is 35.5. The number of nitrogens with zero attached hydrogens (tertiary/aromatic N) is 2. The summed E-state index contributed by atoms with van der Waals surface area (Å²) >= 11 is 11.3. The lowest BCUT2D eigenvalue weighted by Gasteiger charge is -2.36. The third-order valence-electron chi connectivity index (χ3n) is 2.91. The Labute approximate surface area is 118 Å². The Balaban J connectivity index is 2.40. The Morgan fingerprint density at radius 3 is 2.94 bits per heavy atom. The molecule has 0 radical (unpaired) electrons. The monoisotopic (exact) mass is 281 g/mol. The van der Waals surface area contributed by atoms with Crippen LogP contribution in [0.15, 0.2) is 23.8 Å². The third-order valence-corrected chi connectivity index (χ3v) is 3.57. The fraction of sp³-hybridized carbons (Fsp3) is 0.385. The van der Waals surface area contributed by atoms with Gasteiger partial charge in [-0.05, 0) is 32.9 Å². The average Bonchev–Trinajstić information content (AvgIpc) is 2.30. The van der Waals surface area contributed by atoms with Crippen LogP contribution in [0.25, 0.3) is 0 Å². The first-order valence-electron chi connectivity index (χ1n) is 5.86. The number of hydrogen-bond donors (Lipinski definition) is 1. The van der Waals surface area contributed by atoms with Crippen LogP contribution < -0.4 is 10.2 Å². The van der Waals surface area contributed by atoms with Crippen LogP contribution in [-0.4, -0.2) is 22.6 Å². The minimum atomic E-state index is 0.120. The van der Waals surface area contributed by atoms with Gasteiger partial charge in [0.25, 0.3) is 0 Å². The minimum Gasteiger partial charge on any atom is -0.345 e. The second-order valence-electron chi connectivity index (χ2n) is 4.60. The molecule has 0 spiro atoms. The van der Waals surface area contributed by atoms with Crippen molar-refractivity contribution in [3.8, 4) is 0 Å². The van der Waals surface area contributed by atoms with E-state index in [1.165, 1.54) is 5.57 Å². The maximum Gasteiger partial charge on any atom is 0.155 e. The largest absolute Gasteiger partial charge is 0.345 e. The van der Waals surface area contributed by atoms with Crippen LogP contribution in [0.3, 0.4) is 0 Å². The highest BCUT2D eigenvalue weighted by Crippen LogP contribution is 2.31. The number of pyridine rings is 1. The van der Waals surface area contributed by atoms with Crippen molar-refractivity contribution in [3.63, 3.8) is 0 Å². The SMILES string of the molecule is CC(C)=CCN1c2nc(Cl)ccc2NC(=S)[C@@H]1C. The van der Waals surface area contributed by atoms with Crippen LogP contribution in [0.2, 0.25) is 5.15 Å². The number of nitrogens with one attached hydrogen (secondary N) is 1. The molecule has 0 saturated heterocycles. The Morgan fingerprint density at radius 1 is 1.56 bits per heavy atom. The van der Waals surface area contributed by atoms with E-state index in [1.54, 1.807) is 6.07 Å². The summed E-state index contributed by atoms with van der Waals surface area (Å²) < 4.78 is 0. The summed E-state index contributed by atoms with van der Waals surface area (Å²) in [6, 6.07) is 3.80. The Morgan fingerprint density at radius 2 is 2.28 bits per heavy atom. The number of hydrogen-bond acceptors (Lipinski definition) is 3. The van der Waals surface area contributed by atoms with Gasteiger partial charge in [-0.3, -0.25) is 0 Å². The lowest BCUT2D eigenvalue weighted by molar-refractivity contribution is 0.793. The molecular formula is C13H16ClN3S. The van der Waals surface area contributed by atoms with Crippen LogP contribution in [-0.2, 0) is 0 Å². The van der Waals surface area contributed by atoms with Crippen molar-refractivity contribution in [3.05, 3.63) is 28.9 Å². The number of anilines is 2. The number of fused-ring (bicyclic) bond motifs is 1. The van der Waals surface area contributed by atoms with E-state index in [0.29, 0.717) is 5.15 Å². The zero-order valence-electron chi connectivity index (χ0n) is 10.7. The zero-order chi connectivity index (χ0) is 13.3. The van der Waals surface area contributed by atoms with Gasteiger partial charge in [0.05, 0.1) is 11.7 Å². The number of thiocarbonyl (C=S) groups is 1. The van der Waals surface area contributed by atoms with Gasteiger partial charge in [-0.1, -0.05) is 35.5 Å². The molecule has 1 aromatic rings. The quantitative estimate of drug-likeness (QED) is 0.509. The molecule has 5 heteroatoms. The first-order valence-corrected chi connectivity index (χ1v) is 6.65. The summed E-state index contributed by atoms with van der Waals surface area (Å²) in [5.74, 6) is 0.862. The molecule has 0 unspecified atom stereocenters. The van der Waals surface area contributed by atoms with Gasteiger partial charge in [0.1, 0.15) is 10.1 Å². The van der Waals surface area contributed by atoms with Gasteiger partial charge >= 0.3 is 0 Å². The van der Waals surface area contributed by atoms with Crippen molar-refractivity contribution in [1.29, 1.82) is 0 Å². The third kappa shape index (κ3) is 2.65. The van der Waals surface area contributed by atoms with Gasteiger partial charge in [0, 0.05) is 6.54 Å². The van der Waals surface area contributed by atoms with Gasteiger partial charge in [0.15, 0.2) is 5.82 Å². The van der Waals surface area contributed by atoms with E-state index in [0.717, 1.165) is 23.0 Å². The number of rotatable bonds is 2. The number of halogens is 1. The van der Waals surface area contributed by atoms with Crippen LogP contribution in [0.5, 0.6) is 0 Å². The van der Waals surface area contributed by atoms with E-state index in [1.807, 2.05) is 6.07 Å². The van der Waals surface area contributed by atoms with E-state index in [-0.39, 0.29) is 6.04 Å². The average molecular weight is 282 g/mol. The molecule has 0 bridgehead atoms. The molecule has 3 nitrogen and oxygen atoms in total. The van der Waals surface area contributed by atoms with E-state index in [2.05, 4.69) is 42.0 Å². The molecule has 1 aliphatic heterocycles. The highest BCUT2D eigenvalue weighted by molar-refractivity contribution is 7.80. The summed E-state index contributed by atoms with van der Waals surface area (Å²) in [4.78, 5) is 7.37. The summed E-state index contributed by atoms with van der Waals surface area (Å²) in [6.45, 7) is 7.01. The standard InChI is InChI=1S/C13H16ClN3S/c1-8(2)6-7-17-9(3)13(18)15-10-4-5-11(14)16-12(10)17/h4-6,9H,7H2,1-3H3,(H,15,18)/t9-/m0/s1. The molecule has 0 aromatic carbocycles. The molecule has 1 atom stereocenters. The first-order chi connectivity index (χ1) is 8.49. The predicted molar refractivity (Wildman–Crippen MR) is 81.7 cm³/mol.